The Morgan fingerprint density at radius 1 is 1.00 bits per heavy atom. The first-order valence-electron chi connectivity index (χ1n) is 10.9. The smallest absolute Gasteiger partial charge is 0.231 e. The Labute approximate surface area is 208 Å². The highest BCUT2D eigenvalue weighted by Crippen LogP contribution is 2.31. The number of hydrogen-bond donors (Lipinski definition) is 1. The van der Waals surface area contributed by atoms with Gasteiger partial charge >= 0.3 is 0 Å². The molecular weight excluding hydrogens is 468 g/mol. The summed E-state index contributed by atoms with van der Waals surface area (Å²) in [6.07, 6.45) is 0. The number of amides is 1. The largest absolute Gasteiger partial charge is 0.496 e. The molecule has 8 heteroatoms. The maximum atomic E-state index is 13.0. The van der Waals surface area contributed by atoms with Gasteiger partial charge in [-0.15, -0.1) is 10.2 Å². The van der Waals surface area contributed by atoms with Gasteiger partial charge in [-0.1, -0.05) is 78.0 Å². The molecule has 0 bridgehead atoms. The number of nitrogens with one attached hydrogen (secondary N) is 1. The Balaban J connectivity index is 1.51. The van der Waals surface area contributed by atoms with Gasteiger partial charge in [-0.25, -0.2) is 0 Å². The van der Waals surface area contributed by atoms with E-state index in [1.54, 1.807) is 7.11 Å². The van der Waals surface area contributed by atoms with Crippen molar-refractivity contribution >= 4 is 29.3 Å². The van der Waals surface area contributed by atoms with E-state index >= 15 is 0 Å². The van der Waals surface area contributed by atoms with E-state index in [0.29, 0.717) is 22.5 Å². The predicted molar refractivity (Wildman–Crippen MR) is 136 cm³/mol. The van der Waals surface area contributed by atoms with Crippen LogP contribution in [0.5, 0.6) is 5.75 Å². The van der Waals surface area contributed by atoms with Crippen LogP contribution in [0, 0.1) is 0 Å². The van der Waals surface area contributed by atoms with E-state index < -0.39 is 0 Å². The molecule has 0 radical (unpaired) electrons. The van der Waals surface area contributed by atoms with E-state index in [0.717, 1.165) is 22.4 Å². The maximum absolute atomic E-state index is 13.0. The van der Waals surface area contributed by atoms with Crippen molar-refractivity contribution in [3.05, 3.63) is 95.0 Å². The van der Waals surface area contributed by atoms with E-state index in [4.69, 9.17) is 16.3 Å². The van der Waals surface area contributed by atoms with Crippen molar-refractivity contribution in [2.75, 3.05) is 12.9 Å². The van der Waals surface area contributed by atoms with Gasteiger partial charge in [0.05, 0.1) is 24.5 Å². The summed E-state index contributed by atoms with van der Waals surface area (Å²) in [6, 6.07) is 24.8. The van der Waals surface area contributed by atoms with E-state index in [1.807, 2.05) is 90.4 Å². The topological polar surface area (TPSA) is 69.0 Å². The number of rotatable bonds is 9. The number of carbonyl (C=O) groups is 1. The SMILES string of the molecule is CCn1c(SCC(=O)NC(c2ccccc2)c2ccc(Cl)cc2)nnc1-c1ccccc1OC. The fourth-order valence-electron chi connectivity index (χ4n) is 3.70. The van der Waals surface area contributed by atoms with Gasteiger partial charge in [-0.3, -0.25) is 4.79 Å². The number of benzene rings is 3. The van der Waals surface area contributed by atoms with E-state index in [-0.39, 0.29) is 17.7 Å². The van der Waals surface area contributed by atoms with Crippen molar-refractivity contribution in [2.24, 2.45) is 0 Å². The summed E-state index contributed by atoms with van der Waals surface area (Å²) < 4.78 is 7.47. The zero-order valence-corrected chi connectivity index (χ0v) is 20.5. The molecule has 0 aliphatic carbocycles. The lowest BCUT2D eigenvalue weighted by Crippen LogP contribution is -2.30. The average Bonchev–Trinajstić information content (AvgIpc) is 3.30. The Morgan fingerprint density at radius 2 is 1.68 bits per heavy atom. The van der Waals surface area contributed by atoms with E-state index in [2.05, 4.69) is 15.5 Å². The second-order valence-electron chi connectivity index (χ2n) is 7.50. The number of thioether (sulfide) groups is 1. The Bertz CT molecular complexity index is 1250. The summed E-state index contributed by atoms with van der Waals surface area (Å²) in [4.78, 5) is 13.0. The van der Waals surface area contributed by atoms with Crippen LogP contribution in [0.15, 0.2) is 84.0 Å². The van der Waals surface area contributed by atoms with Gasteiger partial charge in [0.2, 0.25) is 5.91 Å². The second-order valence-corrected chi connectivity index (χ2v) is 8.88. The summed E-state index contributed by atoms with van der Waals surface area (Å²) in [5.41, 5.74) is 2.82. The lowest BCUT2D eigenvalue weighted by molar-refractivity contribution is -0.119. The molecule has 4 aromatic rings. The molecule has 1 amide bonds. The standard InChI is InChI=1S/C26H25ClN4O2S/c1-3-31-25(21-11-7-8-12-22(21)33-2)29-30-26(31)34-17-23(32)28-24(18-9-5-4-6-10-18)19-13-15-20(27)16-14-19/h4-16,24H,3,17H2,1-2H3,(H,28,32). The summed E-state index contributed by atoms with van der Waals surface area (Å²) >= 11 is 7.42. The fraction of sp³-hybridized carbons (Fsp3) is 0.192. The number of carbonyl (C=O) groups excluding carboxylic acids is 1. The molecule has 1 N–H and O–H groups in total. The number of aromatic nitrogens is 3. The zero-order valence-electron chi connectivity index (χ0n) is 18.9. The number of para-hydroxylation sites is 1. The quantitative estimate of drug-likeness (QED) is 0.307. The molecule has 34 heavy (non-hydrogen) atoms. The molecule has 1 unspecified atom stereocenters. The molecular formula is C26H25ClN4O2S. The molecule has 4 rings (SSSR count). The van der Waals surface area contributed by atoms with Gasteiger partial charge in [-0.05, 0) is 42.3 Å². The van der Waals surface area contributed by atoms with Crippen LogP contribution in [0.3, 0.4) is 0 Å². The van der Waals surface area contributed by atoms with Crippen LogP contribution in [0.25, 0.3) is 11.4 Å². The van der Waals surface area contributed by atoms with E-state index in [9.17, 15) is 4.79 Å². The van der Waals surface area contributed by atoms with Crippen LogP contribution in [-0.4, -0.2) is 33.5 Å². The summed E-state index contributed by atoms with van der Waals surface area (Å²) in [5, 5.41) is 13.2. The first-order chi connectivity index (χ1) is 16.6. The Morgan fingerprint density at radius 3 is 2.38 bits per heavy atom. The van der Waals surface area contributed by atoms with Gasteiger partial charge in [-0.2, -0.15) is 0 Å². The third-order valence-electron chi connectivity index (χ3n) is 5.35. The normalized spacial score (nSPS) is 11.7. The van der Waals surface area contributed by atoms with Crippen molar-refractivity contribution in [1.82, 2.24) is 20.1 Å². The minimum absolute atomic E-state index is 0.0988. The number of ether oxygens (including phenoxy) is 1. The first-order valence-corrected chi connectivity index (χ1v) is 12.3. The van der Waals surface area contributed by atoms with Crippen molar-refractivity contribution < 1.29 is 9.53 Å². The third-order valence-corrected chi connectivity index (χ3v) is 6.57. The molecule has 174 valence electrons. The number of nitrogens with zero attached hydrogens (tertiary/aromatic N) is 3. The van der Waals surface area contributed by atoms with Gasteiger partial charge in [0.15, 0.2) is 11.0 Å². The summed E-state index contributed by atoms with van der Waals surface area (Å²) in [5.74, 6) is 1.55. The number of methoxy groups -OCH3 is 1. The zero-order chi connectivity index (χ0) is 23.9. The van der Waals surface area contributed by atoms with Crippen LogP contribution in [0.4, 0.5) is 0 Å². The minimum Gasteiger partial charge on any atom is -0.496 e. The molecule has 6 nitrogen and oxygen atoms in total. The predicted octanol–water partition coefficient (Wildman–Crippen LogP) is 5.62. The highest BCUT2D eigenvalue weighted by molar-refractivity contribution is 7.99. The summed E-state index contributed by atoms with van der Waals surface area (Å²) in [7, 11) is 1.63. The van der Waals surface area contributed by atoms with Crippen LogP contribution < -0.4 is 10.1 Å². The highest BCUT2D eigenvalue weighted by Gasteiger charge is 2.20. The maximum Gasteiger partial charge on any atom is 0.231 e. The van der Waals surface area contributed by atoms with E-state index in [1.165, 1.54) is 11.8 Å². The Hall–Kier alpha value is -3.29. The van der Waals surface area contributed by atoms with Gasteiger partial charge < -0.3 is 14.6 Å². The molecule has 0 spiro atoms. The molecule has 1 aromatic heterocycles. The second kappa shape index (κ2) is 11.2. The molecule has 0 fully saturated rings. The van der Waals surface area contributed by atoms with Gasteiger partial charge in [0.25, 0.3) is 0 Å². The van der Waals surface area contributed by atoms with Crippen molar-refractivity contribution in [1.29, 1.82) is 0 Å². The third kappa shape index (κ3) is 5.43. The van der Waals surface area contributed by atoms with Crippen molar-refractivity contribution in [3.63, 3.8) is 0 Å². The Kier molecular flexibility index (Phi) is 7.87. The lowest BCUT2D eigenvalue weighted by atomic mass is 9.99. The highest BCUT2D eigenvalue weighted by atomic mass is 35.5. The van der Waals surface area contributed by atoms with Gasteiger partial charge in [0.1, 0.15) is 5.75 Å². The summed E-state index contributed by atoms with van der Waals surface area (Å²) in [6.45, 7) is 2.69. The molecule has 0 aliphatic heterocycles. The molecule has 3 aromatic carbocycles. The number of halogens is 1. The number of hydrogen-bond acceptors (Lipinski definition) is 5. The fourth-order valence-corrected chi connectivity index (χ4v) is 4.64. The van der Waals surface area contributed by atoms with Crippen molar-refractivity contribution in [2.45, 2.75) is 24.7 Å². The monoisotopic (exact) mass is 492 g/mol. The molecule has 1 atom stereocenters. The average molecular weight is 493 g/mol. The molecule has 0 saturated carbocycles. The molecule has 0 saturated heterocycles. The van der Waals surface area contributed by atoms with Crippen molar-refractivity contribution in [3.8, 4) is 17.1 Å². The first kappa shape index (κ1) is 23.9. The lowest BCUT2D eigenvalue weighted by Gasteiger charge is -2.20. The van der Waals surface area contributed by atoms with Crippen LogP contribution in [-0.2, 0) is 11.3 Å². The van der Waals surface area contributed by atoms with Crippen LogP contribution in [0.1, 0.15) is 24.1 Å². The molecule has 1 heterocycles. The van der Waals surface area contributed by atoms with Crippen LogP contribution >= 0.6 is 23.4 Å². The van der Waals surface area contributed by atoms with Gasteiger partial charge in [0, 0.05) is 11.6 Å². The minimum atomic E-state index is -0.278. The van der Waals surface area contributed by atoms with Crippen LogP contribution in [0.2, 0.25) is 5.02 Å². The molecule has 0 aliphatic rings.